The molecule has 0 saturated carbocycles. The second kappa shape index (κ2) is 8.50. The van der Waals surface area contributed by atoms with Crippen LogP contribution >= 0.6 is 23.2 Å². The molecule has 0 bridgehead atoms. The van der Waals surface area contributed by atoms with Crippen molar-refractivity contribution in [2.75, 3.05) is 15.9 Å². The highest BCUT2D eigenvalue weighted by atomic mass is 35.5. The molecule has 1 N–H and O–H groups in total. The first-order valence-corrected chi connectivity index (χ1v) is 11.0. The standard InChI is InChI=1S/C19H22Cl2N2O3S/c1-5-18(19(24)22-17-7-6-12(2)8-13(17)3)23(27(4,25)26)16-10-14(20)9-15(21)11-16/h6-11,18H,5H2,1-4H3,(H,22,24). The molecule has 1 amide bonds. The van der Waals surface area contributed by atoms with E-state index in [1.165, 1.54) is 18.2 Å². The number of benzene rings is 2. The van der Waals surface area contributed by atoms with E-state index in [1.807, 2.05) is 26.0 Å². The zero-order valence-electron chi connectivity index (χ0n) is 15.6. The Labute approximate surface area is 170 Å². The van der Waals surface area contributed by atoms with Crippen molar-refractivity contribution in [3.05, 3.63) is 57.6 Å². The molecule has 0 radical (unpaired) electrons. The van der Waals surface area contributed by atoms with Gasteiger partial charge in [0.05, 0.1) is 11.9 Å². The zero-order valence-corrected chi connectivity index (χ0v) is 17.9. The number of carbonyl (C=O) groups is 1. The van der Waals surface area contributed by atoms with Gasteiger partial charge < -0.3 is 5.32 Å². The largest absolute Gasteiger partial charge is 0.324 e. The molecule has 146 valence electrons. The number of aryl methyl sites for hydroxylation is 2. The van der Waals surface area contributed by atoms with Crippen LogP contribution in [-0.2, 0) is 14.8 Å². The van der Waals surface area contributed by atoms with Crippen LogP contribution in [0, 0.1) is 13.8 Å². The summed E-state index contributed by atoms with van der Waals surface area (Å²) in [6.07, 6.45) is 1.32. The van der Waals surface area contributed by atoms with Gasteiger partial charge in [0.15, 0.2) is 0 Å². The Kier molecular flexibility index (Phi) is 6.78. The Hall–Kier alpha value is -1.76. The summed E-state index contributed by atoms with van der Waals surface area (Å²) >= 11 is 12.1. The summed E-state index contributed by atoms with van der Waals surface area (Å²) in [5.41, 5.74) is 2.86. The summed E-state index contributed by atoms with van der Waals surface area (Å²) in [5.74, 6) is -0.425. The molecule has 0 spiro atoms. The number of hydrogen-bond acceptors (Lipinski definition) is 3. The van der Waals surface area contributed by atoms with Crippen molar-refractivity contribution in [2.24, 2.45) is 0 Å². The van der Waals surface area contributed by atoms with Crippen LogP contribution in [0.4, 0.5) is 11.4 Å². The van der Waals surface area contributed by atoms with Crippen LogP contribution in [0.2, 0.25) is 10.0 Å². The van der Waals surface area contributed by atoms with E-state index in [9.17, 15) is 13.2 Å². The van der Waals surface area contributed by atoms with Crippen LogP contribution in [-0.4, -0.2) is 26.6 Å². The van der Waals surface area contributed by atoms with Crippen molar-refractivity contribution in [2.45, 2.75) is 33.2 Å². The first-order valence-electron chi connectivity index (χ1n) is 8.36. The quantitative estimate of drug-likeness (QED) is 0.718. The summed E-state index contributed by atoms with van der Waals surface area (Å²) in [7, 11) is -3.76. The maximum atomic E-state index is 12.9. The number of halogens is 2. The second-order valence-electron chi connectivity index (χ2n) is 6.42. The van der Waals surface area contributed by atoms with Crippen LogP contribution in [0.1, 0.15) is 24.5 Å². The van der Waals surface area contributed by atoms with E-state index in [4.69, 9.17) is 23.2 Å². The summed E-state index contributed by atoms with van der Waals surface area (Å²) in [6, 6.07) is 9.13. The average Bonchev–Trinajstić information content (AvgIpc) is 2.52. The van der Waals surface area contributed by atoms with Gasteiger partial charge in [0.2, 0.25) is 15.9 Å². The first kappa shape index (κ1) is 21.5. The summed E-state index contributed by atoms with van der Waals surface area (Å²) in [5, 5.41) is 3.40. The number of anilines is 2. The highest BCUT2D eigenvalue weighted by Crippen LogP contribution is 2.30. The van der Waals surface area contributed by atoms with Crippen molar-refractivity contribution in [3.8, 4) is 0 Å². The Balaban J connectivity index is 2.44. The van der Waals surface area contributed by atoms with Gasteiger partial charge in [-0.15, -0.1) is 0 Å². The fraction of sp³-hybridized carbons (Fsp3) is 0.316. The highest BCUT2D eigenvalue weighted by Gasteiger charge is 2.32. The van der Waals surface area contributed by atoms with Crippen LogP contribution in [0.15, 0.2) is 36.4 Å². The molecule has 0 saturated heterocycles. The molecule has 1 unspecified atom stereocenters. The minimum absolute atomic E-state index is 0.248. The summed E-state index contributed by atoms with van der Waals surface area (Å²) < 4.78 is 26.0. The van der Waals surface area contributed by atoms with Gasteiger partial charge in [-0.2, -0.15) is 0 Å². The van der Waals surface area contributed by atoms with Gasteiger partial charge >= 0.3 is 0 Å². The molecule has 5 nitrogen and oxygen atoms in total. The smallest absolute Gasteiger partial charge is 0.248 e. The Morgan fingerprint density at radius 3 is 2.19 bits per heavy atom. The van der Waals surface area contributed by atoms with E-state index in [2.05, 4.69) is 5.32 Å². The highest BCUT2D eigenvalue weighted by molar-refractivity contribution is 7.92. The lowest BCUT2D eigenvalue weighted by Crippen LogP contribution is -2.47. The fourth-order valence-electron chi connectivity index (χ4n) is 2.90. The van der Waals surface area contributed by atoms with Gasteiger partial charge in [-0.3, -0.25) is 9.10 Å². The van der Waals surface area contributed by atoms with E-state index < -0.39 is 22.0 Å². The Morgan fingerprint density at radius 1 is 1.11 bits per heavy atom. The van der Waals surface area contributed by atoms with E-state index in [1.54, 1.807) is 13.0 Å². The molecule has 0 aliphatic heterocycles. The molecule has 1 atom stereocenters. The van der Waals surface area contributed by atoms with E-state index in [0.29, 0.717) is 5.69 Å². The van der Waals surface area contributed by atoms with E-state index in [0.717, 1.165) is 21.7 Å². The third kappa shape index (κ3) is 5.37. The Morgan fingerprint density at radius 2 is 1.70 bits per heavy atom. The minimum atomic E-state index is -3.76. The SMILES string of the molecule is CCC(C(=O)Nc1ccc(C)cc1C)N(c1cc(Cl)cc(Cl)c1)S(C)(=O)=O. The van der Waals surface area contributed by atoms with Crippen molar-refractivity contribution in [3.63, 3.8) is 0 Å². The zero-order chi connectivity index (χ0) is 20.4. The van der Waals surface area contributed by atoms with Gasteiger partial charge in [0.25, 0.3) is 0 Å². The monoisotopic (exact) mass is 428 g/mol. The molecular formula is C19H22Cl2N2O3S. The lowest BCUT2D eigenvalue weighted by molar-refractivity contribution is -0.117. The van der Waals surface area contributed by atoms with Gasteiger partial charge in [-0.1, -0.05) is 47.8 Å². The summed E-state index contributed by atoms with van der Waals surface area (Å²) in [4.78, 5) is 12.9. The van der Waals surface area contributed by atoms with Crippen LogP contribution < -0.4 is 9.62 Å². The third-order valence-electron chi connectivity index (χ3n) is 4.07. The van der Waals surface area contributed by atoms with Crippen molar-refractivity contribution in [1.82, 2.24) is 0 Å². The van der Waals surface area contributed by atoms with E-state index in [-0.39, 0.29) is 22.2 Å². The molecule has 0 aliphatic carbocycles. The van der Waals surface area contributed by atoms with Gasteiger partial charge in [-0.25, -0.2) is 8.42 Å². The van der Waals surface area contributed by atoms with Crippen LogP contribution in [0.25, 0.3) is 0 Å². The van der Waals surface area contributed by atoms with Gasteiger partial charge in [-0.05, 0) is 50.1 Å². The lowest BCUT2D eigenvalue weighted by atomic mass is 10.1. The Bertz CT molecular complexity index is 941. The van der Waals surface area contributed by atoms with Gasteiger partial charge in [0, 0.05) is 15.7 Å². The van der Waals surface area contributed by atoms with E-state index >= 15 is 0 Å². The normalized spacial score (nSPS) is 12.5. The molecule has 27 heavy (non-hydrogen) atoms. The van der Waals surface area contributed by atoms with Crippen molar-refractivity contribution in [1.29, 1.82) is 0 Å². The maximum Gasteiger partial charge on any atom is 0.248 e. The number of carbonyl (C=O) groups excluding carboxylic acids is 1. The number of rotatable bonds is 6. The maximum absolute atomic E-state index is 12.9. The number of nitrogens with one attached hydrogen (secondary N) is 1. The van der Waals surface area contributed by atoms with Gasteiger partial charge in [0.1, 0.15) is 6.04 Å². The van der Waals surface area contributed by atoms with Crippen LogP contribution in [0.3, 0.4) is 0 Å². The van der Waals surface area contributed by atoms with Crippen LogP contribution in [0.5, 0.6) is 0 Å². The molecule has 2 aromatic carbocycles. The van der Waals surface area contributed by atoms with Crippen molar-refractivity contribution < 1.29 is 13.2 Å². The molecule has 0 fully saturated rings. The minimum Gasteiger partial charge on any atom is -0.324 e. The lowest BCUT2D eigenvalue weighted by Gasteiger charge is -2.30. The number of sulfonamides is 1. The number of amides is 1. The molecule has 2 aromatic rings. The predicted octanol–water partition coefficient (Wildman–Crippen LogP) is 4.79. The third-order valence-corrected chi connectivity index (χ3v) is 5.69. The topological polar surface area (TPSA) is 66.5 Å². The second-order valence-corrected chi connectivity index (χ2v) is 9.15. The molecule has 0 heterocycles. The molecule has 0 aliphatic rings. The number of hydrogen-bond donors (Lipinski definition) is 1. The van der Waals surface area contributed by atoms with Crippen molar-refractivity contribution >= 4 is 50.5 Å². The fourth-order valence-corrected chi connectivity index (χ4v) is 4.61. The first-order chi connectivity index (χ1) is 12.5. The predicted molar refractivity (Wildman–Crippen MR) is 112 cm³/mol. The molecular weight excluding hydrogens is 407 g/mol. The molecule has 2 rings (SSSR count). The molecule has 0 aromatic heterocycles. The molecule has 8 heteroatoms. The summed E-state index contributed by atoms with van der Waals surface area (Å²) in [6.45, 7) is 5.59. The number of nitrogens with zero attached hydrogens (tertiary/aromatic N) is 1. The average molecular weight is 429 g/mol.